The van der Waals surface area contributed by atoms with E-state index in [1.807, 2.05) is 45.2 Å². The summed E-state index contributed by atoms with van der Waals surface area (Å²) in [5.74, 6) is -0.197. The molecule has 0 atom stereocenters. The van der Waals surface area contributed by atoms with Gasteiger partial charge in [0.2, 0.25) is 0 Å². The van der Waals surface area contributed by atoms with Crippen LogP contribution in [-0.4, -0.2) is 16.2 Å². The highest BCUT2D eigenvalue weighted by Gasteiger charge is 2.57. The number of phenols is 2. The van der Waals surface area contributed by atoms with Gasteiger partial charge in [-0.05, 0) is 82.3 Å². The SMILES string of the molecule is Cc1cc2c(c(I)c1O)Oc1c(cc(C)c(O)c1I)C21OC(=O)c2c(Cl)c(Cl)c(Cl)c(Cl)c21. The summed E-state index contributed by atoms with van der Waals surface area (Å²) in [7, 11) is 0. The van der Waals surface area contributed by atoms with Crippen LogP contribution in [0.15, 0.2) is 12.1 Å². The zero-order chi connectivity index (χ0) is 24.1. The Morgan fingerprint density at radius 3 is 1.76 bits per heavy atom. The van der Waals surface area contributed by atoms with Crippen LogP contribution in [-0.2, 0) is 10.3 Å². The molecule has 1 spiro atoms. The van der Waals surface area contributed by atoms with Crippen molar-refractivity contribution in [1.82, 2.24) is 0 Å². The molecule has 3 aromatic carbocycles. The van der Waals surface area contributed by atoms with Crippen LogP contribution in [0.1, 0.15) is 38.2 Å². The number of aromatic hydroxyl groups is 2. The summed E-state index contributed by atoms with van der Waals surface area (Å²) in [6.07, 6.45) is 0. The van der Waals surface area contributed by atoms with Crippen molar-refractivity contribution in [1.29, 1.82) is 0 Å². The molecule has 5 nitrogen and oxygen atoms in total. The number of rotatable bonds is 0. The van der Waals surface area contributed by atoms with Crippen molar-refractivity contribution in [3.8, 4) is 23.0 Å². The monoisotopic (exact) mass is 748 g/mol. The van der Waals surface area contributed by atoms with E-state index in [0.717, 1.165) is 0 Å². The Labute approximate surface area is 235 Å². The number of aryl methyl sites for hydroxylation is 2. The summed E-state index contributed by atoms with van der Waals surface area (Å²) in [5.41, 5.74) is 0.528. The molecule has 0 saturated heterocycles. The van der Waals surface area contributed by atoms with Crippen molar-refractivity contribution >= 4 is 97.6 Å². The summed E-state index contributed by atoms with van der Waals surface area (Å²) in [4.78, 5) is 13.3. The number of fused-ring (bicyclic) bond motifs is 6. The van der Waals surface area contributed by atoms with Crippen LogP contribution in [0, 0.1) is 21.0 Å². The maximum atomic E-state index is 13.3. The summed E-state index contributed by atoms with van der Waals surface area (Å²) in [6, 6.07) is 3.33. The van der Waals surface area contributed by atoms with E-state index in [1.165, 1.54) is 0 Å². The van der Waals surface area contributed by atoms with Crippen LogP contribution < -0.4 is 4.74 Å². The third-order valence-corrected chi connectivity index (χ3v) is 9.61. The van der Waals surface area contributed by atoms with Gasteiger partial charge in [0.15, 0.2) is 17.1 Å². The predicted molar refractivity (Wildman–Crippen MR) is 143 cm³/mol. The first-order chi connectivity index (χ1) is 15.4. The topological polar surface area (TPSA) is 76.0 Å². The van der Waals surface area contributed by atoms with Gasteiger partial charge in [-0.15, -0.1) is 0 Å². The lowest BCUT2D eigenvalue weighted by atomic mass is 9.76. The minimum atomic E-state index is -1.61. The van der Waals surface area contributed by atoms with Crippen molar-refractivity contribution in [3.05, 3.63) is 72.7 Å². The molecular weight excluding hydrogens is 740 g/mol. The summed E-state index contributed by atoms with van der Waals surface area (Å²) >= 11 is 29.7. The van der Waals surface area contributed by atoms with Gasteiger partial charge in [0.1, 0.15) is 11.5 Å². The van der Waals surface area contributed by atoms with Gasteiger partial charge in [0, 0.05) is 16.7 Å². The molecule has 2 N–H and O–H groups in total. The second-order valence-electron chi connectivity index (χ2n) is 7.64. The molecule has 2 heterocycles. The third kappa shape index (κ3) is 2.99. The van der Waals surface area contributed by atoms with E-state index >= 15 is 0 Å². The fraction of sp³-hybridized carbons (Fsp3) is 0.136. The van der Waals surface area contributed by atoms with Gasteiger partial charge in [-0.25, -0.2) is 4.79 Å². The molecule has 0 fully saturated rings. The largest absolute Gasteiger partial charge is 0.506 e. The standard InChI is InChI=1S/C22H10Cl4I2O5/c1-5-3-7-19(15(27)17(5)29)32-20-8(4-6(2)18(30)16(20)28)22(7)10-9(21(31)33-22)11(23)13(25)14(26)12(10)24/h3-4,29-30H,1-2H3. The Morgan fingerprint density at radius 1 is 0.818 bits per heavy atom. The summed E-state index contributed by atoms with van der Waals surface area (Å²) in [5, 5.41) is 21.1. The molecule has 0 aliphatic carbocycles. The molecule has 170 valence electrons. The smallest absolute Gasteiger partial charge is 0.341 e. The second-order valence-corrected chi connectivity index (χ2v) is 11.3. The van der Waals surface area contributed by atoms with Gasteiger partial charge in [0.05, 0.1) is 32.8 Å². The van der Waals surface area contributed by atoms with E-state index in [0.29, 0.717) is 29.4 Å². The molecular formula is C22H10Cl4I2O5. The Morgan fingerprint density at radius 2 is 1.27 bits per heavy atom. The fourth-order valence-corrected chi connectivity index (χ4v) is 6.96. The van der Waals surface area contributed by atoms with Crippen molar-refractivity contribution in [3.63, 3.8) is 0 Å². The number of hydrogen-bond donors (Lipinski definition) is 2. The van der Waals surface area contributed by atoms with E-state index in [-0.39, 0.29) is 54.2 Å². The Balaban J connectivity index is 2.05. The molecule has 0 bridgehead atoms. The highest BCUT2D eigenvalue weighted by molar-refractivity contribution is 14.1. The molecule has 11 heteroatoms. The number of esters is 1. The lowest BCUT2D eigenvalue weighted by Gasteiger charge is -2.38. The van der Waals surface area contributed by atoms with Crippen LogP contribution in [0.5, 0.6) is 23.0 Å². The maximum absolute atomic E-state index is 13.3. The molecule has 2 aliphatic heterocycles. The van der Waals surface area contributed by atoms with Crippen molar-refractivity contribution < 1.29 is 24.5 Å². The molecule has 0 saturated carbocycles. The lowest BCUT2D eigenvalue weighted by molar-refractivity contribution is 0.0223. The molecule has 3 aromatic rings. The van der Waals surface area contributed by atoms with Crippen LogP contribution in [0.3, 0.4) is 0 Å². The van der Waals surface area contributed by atoms with E-state index in [4.69, 9.17) is 55.9 Å². The van der Waals surface area contributed by atoms with Crippen molar-refractivity contribution in [2.24, 2.45) is 0 Å². The first-order valence-corrected chi connectivity index (χ1v) is 12.9. The highest BCUT2D eigenvalue weighted by Crippen LogP contribution is 2.63. The van der Waals surface area contributed by atoms with Crippen LogP contribution in [0.25, 0.3) is 0 Å². The summed E-state index contributed by atoms with van der Waals surface area (Å²) in [6.45, 7) is 3.43. The average Bonchev–Trinajstić information content (AvgIpc) is 3.08. The minimum absolute atomic E-state index is 0.00339. The number of benzene rings is 3. The zero-order valence-corrected chi connectivity index (χ0v) is 23.9. The Hall–Kier alpha value is -0.850. The van der Waals surface area contributed by atoms with Gasteiger partial charge < -0.3 is 19.7 Å². The highest BCUT2D eigenvalue weighted by atomic mass is 127. The quantitative estimate of drug-likeness (QED) is 0.105. The first kappa shape index (κ1) is 23.9. The number of hydrogen-bond acceptors (Lipinski definition) is 5. The van der Waals surface area contributed by atoms with E-state index in [2.05, 4.69) is 0 Å². The van der Waals surface area contributed by atoms with Gasteiger partial charge in [-0.1, -0.05) is 46.4 Å². The normalized spacial score (nSPS) is 15.1. The van der Waals surface area contributed by atoms with Gasteiger partial charge in [-0.3, -0.25) is 0 Å². The van der Waals surface area contributed by atoms with Crippen molar-refractivity contribution in [2.45, 2.75) is 19.4 Å². The molecule has 0 radical (unpaired) electrons. The van der Waals surface area contributed by atoms with Crippen LogP contribution in [0.4, 0.5) is 0 Å². The second kappa shape index (κ2) is 7.83. The van der Waals surface area contributed by atoms with Crippen LogP contribution in [0.2, 0.25) is 20.1 Å². The number of halogens is 6. The number of carbonyl (C=O) groups excluding carboxylic acids is 1. The minimum Gasteiger partial charge on any atom is -0.506 e. The molecule has 0 aromatic heterocycles. The third-order valence-electron chi connectivity index (χ3n) is 5.80. The average molecular weight is 750 g/mol. The molecule has 0 unspecified atom stereocenters. The molecule has 2 aliphatic rings. The van der Waals surface area contributed by atoms with E-state index in [1.54, 1.807) is 26.0 Å². The molecule has 33 heavy (non-hydrogen) atoms. The predicted octanol–water partition coefficient (Wildman–Crippen LogP) is 8.11. The molecule has 0 amide bonds. The number of ether oxygens (including phenoxy) is 2. The maximum Gasteiger partial charge on any atom is 0.341 e. The summed E-state index contributed by atoms with van der Waals surface area (Å²) < 4.78 is 13.1. The van der Waals surface area contributed by atoms with Gasteiger partial charge in [0.25, 0.3) is 0 Å². The number of phenolic OH excluding ortho intramolecular Hbond substituents is 2. The Bertz CT molecular complexity index is 1390. The van der Waals surface area contributed by atoms with Gasteiger partial charge >= 0.3 is 5.97 Å². The van der Waals surface area contributed by atoms with Crippen LogP contribution >= 0.6 is 91.6 Å². The zero-order valence-electron chi connectivity index (χ0n) is 16.5. The van der Waals surface area contributed by atoms with E-state index < -0.39 is 11.6 Å². The van der Waals surface area contributed by atoms with E-state index in [9.17, 15) is 15.0 Å². The Kier molecular flexibility index (Phi) is 5.66. The number of carbonyl (C=O) groups is 1. The van der Waals surface area contributed by atoms with Gasteiger partial charge in [-0.2, -0.15) is 0 Å². The molecule has 5 rings (SSSR count). The van der Waals surface area contributed by atoms with Crippen molar-refractivity contribution in [2.75, 3.05) is 0 Å². The fourth-order valence-electron chi connectivity index (χ4n) is 4.24. The lowest BCUT2D eigenvalue weighted by Crippen LogP contribution is -2.34. The first-order valence-electron chi connectivity index (χ1n) is 9.26.